The zero-order chi connectivity index (χ0) is 44.8. The molecule has 0 amide bonds. The number of thiophene rings is 2. The highest BCUT2D eigenvalue weighted by Crippen LogP contribution is 2.55. The van der Waals surface area contributed by atoms with Crippen LogP contribution in [0.3, 0.4) is 0 Å². The molecule has 0 bridgehead atoms. The molecule has 312 valence electrons. The van der Waals surface area contributed by atoms with Crippen LogP contribution < -0.4 is 0 Å². The second-order valence-electron chi connectivity index (χ2n) is 17.5. The lowest BCUT2D eigenvalue weighted by molar-refractivity contribution is 1.12. The highest BCUT2D eigenvalue weighted by Gasteiger charge is 2.34. The van der Waals surface area contributed by atoms with Gasteiger partial charge in [-0.05, 0) is 63.0 Å². The summed E-state index contributed by atoms with van der Waals surface area (Å²) in [5, 5.41) is 25.7. The van der Waals surface area contributed by atoms with Crippen molar-refractivity contribution in [2.75, 3.05) is 0 Å². The van der Waals surface area contributed by atoms with Gasteiger partial charge < -0.3 is 9.13 Å². The van der Waals surface area contributed by atoms with Gasteiger partial charge in [0.15, 0.2) is 0 Å². The second kappa shape index (κ2) is 13.8. The van der Waals surface area contributed by atoms with Gasteiger partial charge in [-0.15, -0.1) is 22.7 Å². The maximum absolute atomic E-state index is 12.1. The number of nitriles is 1. The third-order valence-corrected chi connectivity index (χ3v) is 16.5. The molecule has 15 rings (SSSR count). The third kappa shape index (κ3) is 4.78. The van der Waals surface area contributed by atoms with Gasteiger partial charge in [-0.2, -0.15) is 5.26 Å². The van der Waals surface area contributed by atoms with E-state index in [4.69, 9.17) is 4.98 Å². The van der Waals surface area contributed by atoms with Gasteiger partial charge in [0.2, 0.25) is 5.69 Å². The first-order chi connectivity index (χ1) is 33.7. The molecule has 0 aliphatic carbocycles. The molecular weight excluding hydrogens is 867 g/mol. The first-order valence-corrected chi connectivity index (χ1v) is 24.2. The van der Waals surface area contributed by atoms with Gasteiger partial charge in [-0.25, -0.2) is 9.83 Å². The summed E-state index contributed by atoms with van der Waals surface area (Å²) in [6.45, 7) is 9.36. The minimum Gasteiger partial charge on any atom is -0.305 e. The van der Waals surface area contributed by atoms with E-state index in [1.165, 1.54) is 35.6 Å². The van der Waals surface area contributed by atoms with Crippen LogP contribution in [0.25, 0.3) is 144 Å². The Hall–Kier alpha value is -8.85. The average Bonchev–Trinajstić information content (AvgIpc) is 4.16. The van der Waals surface area contributed by atoms with E-state index in [-0.39, 0.29) is 0 Å². The van der Waals surface area contributed by atoms with E-state index >= 15 is 0 Å². The van der Waals surface area contributed by atoms with Crippen LogP contribution in [0, 0.1) is 17.9 Å². The normalized spacial score (nSPS) is 12.1. The van der Waals surface area contributed by atoms with Crippen LogP contribution in [0.5, 0.6) is 0 Å². The maximum atomic E-state index is 12.1. The van der Waals surface area contributed by atoms with Crippen LogP contribution in [-0.2, 0) is 0 Å². The van der Waals surface area contributed by atoms with Crippen LogP contribution in [0.2, 0.25) is 0 Å². The number of pyridine rings is 1. The lowest BCUT2D eigenvalue weighted by atomic mass is 9.88. The zero-order valence-corrected chi connectivity index (χ0v) is 37.6. The van der Waals surface area contributed by atoms with Crippen molar-refractivity contribution in [2.45, 2.75) is 0 Å². The first-order valence-electron chi connectivity index (χ1n) is 22.6. The van der Waals surface area contributed by atoms with Crippen molar-refractivity contribution >= 4 is 134 Å². The van der Waals surface area contributed by atoms with Crippen molar-refractivity contribution in [3.05, 3.63) is 205 Å². The molecule has 0 unspecified atom stereocenters. The molecule has 0 aliphatic heterocycles. The Balaban J connectivity index is 1.27. The number of nitrogens with zero attached hydrogens (tertiary/aromatic N) is 5. The van der Waals surface area contributed by atoms with Crippen molar-refractivity contribution in [3.63, 3.8) is 0 Å². The Morgan fingerprint density at radius 1 is 0.456 bits per heavy atom. The van der Waals surface area contributed by atoms with Gasteiger partial charge in [0.1, 0.15) is 11.7 Å². The fraction of sp³-hybridized carbons (Fsp3) is 0. The number of hydrogen-bond acceptors (Lipinski definition) is 4. The molecule has 10 aromatic carbocycles. The molecule has 0 N–H and O–H groups in total. The van der Waals surface area contributed by atoms with E-state index in [9.17, 15) is 11.8 Å². The molecule has 0 spiro atoms. The topological polar surface area (TPSA) is 50.9 Å². The van der Waals surface area contributed by atoms with E-state index in [2.05, 4.69) is 166 Å². The lowest BCUT2D eigenvalue weighted by Crippen LogP contribution is -2.09. The molecular formula is C61H31N5S2. The summed E-state index contributed by atoms with van der Waals surface area (Å²) in [4.78, 5) is 9.84. The number of fused-ring (bicyclic) bond motifs is 14. The van der Waals surface area contributed by atoms with Gasteiger partial charge in [0.25, 0.3) is 0 Å². The smallest absolute Gasteiger partial charge is 0.220 e. The zero-order valence-electron chi connectivity index (χ0n) is 36.0. The van der Waals surface area contributed by atoms with Crippen LogP contribution >= 0.6 is 22.7 Å². The predicted molar refractivity (Wildman–Crippen MR) is 287 cm³/mol. The average molecular weight is 898 g/mol. The Morgan fingerprint density at radius 3 is 1.79 bits per heavy atom. The summed E-state index contributed by atoms with van der Waals surface area (Å²) in [6, 6.07) is 66.9. The fourth-order valence-electron chi connectivity index (χ4n) is 11.5. The van der Waals surface area contributed by atoms with Crippen LogP contribution in [0.4, 0.5) is 5.69 Å². The van der Waals surface area contributed by atoms with Gasteiger partial charge in [-0.1, -0.05) is 152 Å². The minimum atomic E-state index is 0.391. The second-order valence-corrected chi connectivity index (χ2v) is 19.6. The molecule has 7 heteroatoms. The van der Waals surface area contributed by atoms with Crippen molar-refractivity contribution in [1.29, 1.82) is 5.26 Å². The standard InChI is InChI=1S/C61H31N5S2/c1-63-55-50(34-15-4-2-5-16-34)45(33-62)57(51(35-17-6-3-7-18-35)59(55)65-46-24-14-23-39-36-19-8-9-20-37(36)40-31-32-64-61(65)54(40)52(39)46)66-56-41(29-30-49-53(56)44-22-11-13-26-48(44)67-49)42-27-28-43-38-21-10-12-25-47(38)68-60(43)58(42)66/h2-32H. The highest BCUT2D eigenvalue weighted by atomic mass is 32.1. The molecule has 0 radical (unpaired) electrons. The summed E-state index contributed by atoms with van der Waals surface area (Å²) in [6.07, 6.45) is 1.90. The van der Waals surface area contributed by atoms with Crippen molar-refractivity contribution < 1.29 is 0 Å². The summed E-state index contributed by atoms with van der Waals surface area (Å²) in [5.74, 6) is 0. The number of aromatic nitrogens is 3. The number of hydrogen-bond donors (Lipinski definition) is 0. The fourth-order valence-corrected chi connectivity index (χ4v) is 13.9. The monoisotopic (exact) mass is 897 g/mol. The molecule has 0 atom stereocenters. The van der Waals surface area contributed by atoms with Gasteiger partial charge >= 0.3 is 0 Å². The Morgan fingerprint density at radius 2 is 1.06 bits per heavy atom. The summed E-state index contributed by atoms with van der Waals surface area (Å²) in [7, 11) is 0. The summed E-state index contributed by atoms with van der Waals surface area (Å²) < 4.78 is 9.39. The van der Waals surface area contributed by atoms with Gasteiger partial charge in [0.05, 0.1) is 44.8 Å². The van der Waals surface area contributed by atoms with Gasteiger partial charge in [0, 0.05) is 74.5 Å². The molecule has 0 saturated heterocycles. The summed E-state index contributed by atoms with van der Waals surface area (Å²) >= 11 is 3.59. The summed E-state index contributed by atoms with van der Waals surface area (Å²) in [5.41, 5.74) is 9.08. The lowest BCUT2D eigenvalue weighted by Gasteiger charge is -2.25. The van der Waals surface area contributed by atoms with Gasteiger partial charge in [-0.3, -0.25) is 0 Å². The van der Waals surface area contributed by atoms with Crippen LogP contribution in [0.15, 0.2) is 188 Å². The predicted octanol–water partition coefficient (Wildman–Crippen LogP) is 17.5. The number of rotatable bonds is 4. The first kappa shape index (κ1) is 37.4. The molecule has 5 heterocycles. The SMILES string of the molecule is [C-]#[N+]c1c(-c2ccccc2)c(C#N)c(-n2c3c(ccc4c5ccccc5sc43)c3ccc4sc5ccccc5c4c32)c(-c2ccccc2)c1-n1c2cccc3c4ccccc4c4ccnc1c4c32. The van der Waals surface area contributed by atoms with Crippen molar-refractivity contribution in [2.24, 2.45) is 0 Å². The van der Waals surface area contributed by atoms with Crippen molar-refractivity contribution in [1.82, 2.24) is 14.1 Å². The van der Waals surface area contributed by atoms with E-state index in [1.54, 1.807) is 22.7 Å². The van der Waals surface area contributed by atoms with Crippen LogP contribution in [-0.4, -0.2) is 14.1 Å². The molecule has 5 aromatic heterocycles. The van der Waals surface area contributed by atoms with Crippen LogP contribution in [0.1, 0.15) is 5.56 Å². The molecule has 68 heavy (non-hydrogen) atoms. The van der Waals surface area contributed by atoms with Crippen molar-refractivity contribution in [3.8, 4) is 39.7 Å². The minimum absolute atomic E-state index is 0.391. The van der Waals surface area contributed by atoms with E-state index in [1.807, 2.05) is 42.6 Å². The van der Waals surface area contributed by atoms with E-state index < -0.39 is 0 Å². The maximum Gasteiger partial charge on any atom is 0.220 e. The van der Waals surface area contributed by atoms with E-state index in [0.717, 1.165) is 92.4 Å². The Bertz CT molecular complexity index is 4660. The molecule has 0 aliphatic rings. The number of benzene rings is 10. The molecule has 0 saturated carbocycles. The Kier molecular flexibility index (Phi) is 7.61. The third-order valence-electron chi connectivity index (χ3n) is 14.2. The molecule has 15 aromatic rings. The molecule has 5 nitrogen and oxygen atoms in total. The largest absolute Gasteiger partial charge is 0.305 e. The Labute approximate surface area is 396 Å². The molecule has 0 fully saturated rings. The quantitative estimate of drug-likeness (QED) is 0.131. The van der Waals surface area contributed by atoms with E-state index in [0.29, 0.717) is 22.5 Å². The highest BCUT2D eigenvalue weighted by molar-refractivity contribution is 7.27.